The summed E-state index contributed by atoms with van der Waals surface area (Å²) in [5.41, 5.74) is 3.52. The van der Waals surface area contributed by atoms with Gasteiger partial charge in [0.2, 0.25) is 0 Å². The summed E-state index contributed by atoms with van der Waals surface area (Å²) in [6.07, 6.45) is 7.75. The van der Waals surface area contributed by atoms with Gasteiger partial charge >= 0.3 is 0 Å². The molecule has 0 unspecified atom stereocenters. The zero-order valence-corrected chi connectivity index (χ0v) is 15.2. The summed E-state index contributed by atoms with van der Waals surface area (Å²) in [6, 6.07) is 4.17. The Labute approximate surface area is 145 Å². The monoisotopic (exact) mass is 327 g/mol. The third-order valence-electron chi connectivity index (χ3n) is 6.66. The van der Waals surface area contributed by atoms with Crippen LogP contribution in [0.15, 0.2) is 12.1 Å². The van der Waals surface area contributed by atoms with Gasteiger partial charge in [-0.25, -0.2) is 0 Å². The second-order valence-electron chi connectivity index (χ2n) is 8.69. The van der Waals surface area contributed by atoms with Gasteiger partial charge in [-0.1, -0.05) is 12.1 Å². The molecule has 4 aliphatic rings. The van der Waals surface area contributed by atoms with Gasteiger partial charge in [0.1, 0.15) is 5.75 Å². The number of carbonyl (C=O) groups is 1. The summed E-state index contributed by atoms with van der Waals surface area (Å²) < 4.78 is 5.91. The van der Waals surface area contributed by atoms with Gasteiger partial charge in [-0.05, 0) is 93.7 Å². The number of aryl methyl sites for hydroxylation is 2. The molecule has 4 saturated carbocycles. The summed E-state index contributed by atoms with van der Waals surface area (Å²) in [4.78, 5) is 12.6. The van der Waals surface area contributed by atoms with Gasteiger partial charge < -0.3 is 10.1 Å². The fourth-order valence-corrected chi connectivity index (χ4v) is 5.88. The lowest BCUT2D eigenvalue weighted by molar-refractivity contribution is -0.128. The van der Waals surface area contributed by atoms with E-state index in [4.69, 9.17) is 4.74 Å². The zero-order valence-electron chi connectivity index (χ0n) is 15.2. The topological polar surface area (TPSA) is 38.3 Å². The Morgan fingerprint density at radius 3 is 2.17 bits per heavy atom. The molecule has 0 heterocycles. The lowest BCUT2D eigenvalue weighted by Crippen LogP contribution is -2.60. The van der Waals surface area contributed by atoms with E-state index in [1.165, 1.54) is 44.1 Å². The van der Waals surface area contributed by atoms with Crippen LogP contribution in [0.3, 0.4) is 0 Å². The third-order valence-corrected chi connectivity index (χ3v) is 6.66. The van der Waals surface area contributed by atoms with Crippen LogP contribution in [0.2, 0.25) is 0 Å². The summed E-state index contributed by atoms with van der Waals surface area (Å²) in [7, 11) is 0. The van der Waals surface area contributed by atoms with Gasteiger partial charge in [-0.2, -0.15) is 0 Å². The van der Waals surface area contributed by atoms with Crippen molar-refractivity contribution in [3.05, 3.63) is 28.8 Å². The molecule has 1 aromatic carbocycles. The summed E-state index contributed by atoms with van der Waals surface area (Å²) in [6.45, 7) is 6.32. The van der Waals surface area contributed by atoms with E-state index in [-0.39, 0.29) is 18.1 Å². The Bertz CT molecular complexity index is 629. The van der Waals surface area contributed by atoms with E-state index in [1.807, 2.05) is 6.92 Å². The van der Waals surface area contributed by atoms with E-state index in [0.29, 0.717) is 0 Å². The lowest BCUT2D eigenvalue weighted by atomic mass is 9.53. The molecule has 5 rings (SSSR count). The van der Waals surface area contributed by atoms with Crippen molar-refractivity contribution in [2.75, 3.05) is 6.61 Å². The standard InChI is InChI=1S/C21H29NO2/c1-13-4-5-14(2)20(15(13)3)24-12-19(23)22-21-9-16-6-17(10-21)8-18(7-16)11-21/h4-5,16-18H,6-12H2,1-3H3,(H,22,23). The van der Waals surface area contributed by atoms with Crippen molar-refractivity contribution in [2.45, 2.75) is 64.8 Å². The summed E-state index contributed by atoms with van der Waals surface area (Å²) in [5, 5.41) is 3.38. The highest BCUT2D eigenvalue weighted by Gasteiger charge is 2.51. The van der Waals surface area contributed by atoms with E-state index in [1.54, 1.807) is 0 Å². The van der Waals surface area contributed by atoms with E-state index in [9.17, 15) is 4.79 Å². The van der Waals surface area contributed by atoms with E-state index >= 15 is 0 Å². The minimum absolute atomic E-state index is 0.0530. The first-order chi connectivity index (χ1) is 11.4. The molecule has 130 valence electrons. The molecule has 0 radical (unpaired) electrons. The molecule has 3 nitrogen and oxygen atoms in total. The number of amides is 1. The number of ether oxygens (including phenoxy) is 1. The fraction of sp³-hybridized carbons (Fsp3) is 0.667. The fourth-order valence-electron chi connectivity index (χ4n) is 5.88. The largest absolute Gasteiger partial charge is 0.483 e. The Hall–Kier alpha value is -1.51. The molecular weight excluding hydrogens is 298 g/mol. The van der Waals surface area contributed by atoms with Crippen molar-refractivity contribution in [3.8, 4) is 5.75 Å². The molecule has 4 aliphatic carbocycles. The molecule has 0 atom stereocenters. The number of hydrogen-bond acceptors (Lipinski definition) is 2. The molecule has 0 spiro atoms. The number of carbonyl (C=O) groups excluding carboxylic acids is 1. The Balaban J connectivity index is 1.40. The van der Waals surface area contributed by atoms with Crippen LogP contribution in [0.1, 0.15) is 55.2 Å². The van der Waals surface area contributed by atoms with Crippen molar-refractivity contribution in [2.24, 2.45) is 17.8 Å². The Morgan fingerprint density at radius 1 is 1.04 bits per heavy atom. The molecule has 1 amide bonds. The van der Waals surface area contributed by atoms with Crippen molar-refractivity contribution < 1.29 is 9.53 Å². The highest BCUT2D eigenvalue weighted by atomic mass is 16.5. The molecule has 24 heavy (non-hydrogen) atoms. The number of nitrogens with one attached hydrogen (secondary N) is 1. The van der Waals surface area contributed by atoms with Crippen LogP contribution < -0.4 is 10.1 Å². The molecule has 4 bridgehead atoms. The highest BCUT2D eigenvalue weighted by Crippen LogP contribution is 2.55. The van der Waals surface area contributed by atoms with Gasteiger partial charge in [-0.15, -0.1) is 0 Å². The number of rotatable bonds is 4. The predicted octanol–water partition coefficient (Wildman–Crippen LogP) is 4.08. The van der Waals surface area contributed by atoms with Crippen molar-refractivity contribution in [1.29, 1.82) is 0 Å². The molecule has 0 aliphatic heterocycles. The maximum atomic E-state index is 12.6. The first kappa shape index (κ1) is 16.0. The van der Waals surface area contributed by atoms with Gasteiger partial charge in [0.15, 0.2) is 6.61 Å². The van der Waals surface area contributed by atoms with Crippen molar-refractivity contribution in [3.63, 3.8) is 0 Å². The molecule has 0 aromatic heterocycles. The van der Waals surface area contributed by atoms with Gasteiger partial charge in [0.05, 0.1) is 0 Å². The predicted molar refractivity (Wildman–Crippen MR) is 95.2 cm³/mol. The second-order valence-corrected chi connectivity index (χ2v) is 8.69. The van der Waals surface area contributed by atoms with Crippen LogP contribution in [0.25, 0.3) is 0 Å². The van der Waals surface area contributed by atoms with E-state index in [2.05, 4.69) is 31.3 Å². The van der Waals surface area contributed by atoms with Gasteiger partial charge in [0.25, 0.3) is 5.91 Å². The second kappa shape index (κ2) is 5.79. The normalized spacial score (nSPS) is 33.5. The first-order valence-corrected chi connectivity index (χ1v) is 9.45. The smallest absolute Gasteiger partial charge is 0.258 e. The maximum Gasteiger partial charge on any atom is 0.258 e. The minimum Gasteiger partial charge on any atom is -0.483 e. The average molecular weight is 327 g/mol. The third kappa shape index (κ3) is 2.82. The SMILES string of the molecule is Cc1ccc(C)c(OCC(=O)NC23CC4CC(CC(C4)C2)C3)c1C. The van der Waals surface area contributed by atoms with Crippen LogP contribution in [-0.4, -0.2) is 18.1 Å². The molecular formula is C21H29NO2. The Morgan fingerprint density at radius 2 is 1.58 bits per heavy atom. The maximum absolute atomic E-state index is 12.6. The Kier molecular flexibility index (Phi) is 3.85. The zero-order chi connectivity index (χ0) is 16.9. The van der Waals surface area contributed by atoms with Crippen LogP contribution >= 0.6 is 0 Å². The summed E-state index contributed by atoms with van der Waals surface area (Å²) in [5.74, 6) is 3.46. The number of benzene rings is 1. The quantitative estimate of drug-likeness (QED) is 0.905. The van der Waals surface area contributed by atoms with Crippen LogP contribution in [0, 0.1) is 38.5 Å². The van der Waals surface area contributed by atoms with E-state index in [0.717, 1.165) is 34.6 Å². The molecule has 0 saturated heterocycles. The van der Waals surface area contributed by atoms with Crippen LogP contribution in [-0.2, 0) is 4.79 Å². The minimum atomic E-state index is 0.0530. The summed E-state index contributed by atoms with van der Waals surface area (Å²) >= 11 is 0. The molecule has 1 aromatic rings. The highest BCUT2D eigenvalue weighted by molar-refractivity contribution is 5.78. The van der Waals surface area contributed by atoms with Crippen molar-refractivity contribution in [1.82, 2.24) is 5.32 Å². The number of hydrogen-bond donors (Lipinski definition) is 1. The lowest BCUT2D eigenvalue weighted by Gasteiger charge is -2.56. The van der Waals surface area contributed by atoms with Gasteiger partial charge in [0, 0.05) is 5.54 Å². The van der Waals surface area contributed by atoms with Crippen LogP contribution in [0.4, 0.5) is 0 Å². The first-order valence-electron chi connectivity index (χ1n) is 9.45. The van der Waals surface area contributed by atoms with Crippen molar-refractivity contribution >= 4 is 5.91 Å². The molecule has 3 heteroatoms. The molecule has 4 fully saturated rings. The van der Waals surface area contributed by atoms with Crippen LogP contribution in [0.5, 0.6) is 5.75 Å². The average Bonchev–Trinajstić information content (AvgIpc) is 2.49. The van der Waals surface area contributed by atoms with Gasteiger partial charge in [-0.3, -0.25) is 4.79 Å². The van der Waals surface area contributed by atoms with E-state index < -0.39 is 0 Å². The molecule has 1 N–H and O–H groups in total.